The molecule has 0 atom stereocenters. The number of benzene rings is 2. The van der Waals surface area contributed by atoms with Gasteiger partial charge < -0.3 is 4.90 Å². The Morgan fingerprint density at radius 3 is 2.52 bits per heavy atom. The summed E-state index contributed by atoms with van der Waals surface area (Å²) in [5.41, 5.74) is 2.58. The van der Waals surface area contributed by atoms with Crippen LogP contribution in [0.15, 0.2) is 48.5 Å². The molecule has 1 N–H and O–H groups in total. The monoisotopic (exact) mass is 335 g/mol. The molecule has 0 aliphatic rings. The van der Waals surface area contributed by atoms with E-state index in [2.05, 4.69) is 20.6 Å². The number of carbonyl (C=O) groups excluding carboxylic acids is 2. The highest BCUT2D eigenvalue weighted by molar-refractivity contribution is 6.07. The van der Waals surface area contributed by atoms with E-state index in [9.17, 15) is 9.59 Å². The van der Waals surface area contributed by atoms with Crippen LogP contribution in [0.25, 0.3) is 11.4 Å². The van der Waals surface area contributed by atoms with Crippen LogP contribution < -0.4 is 0 Å². The lowest BCUT2D eigenvalue weighted by Crippen LogP contribution is -2.27. The molecule has 3 aromatic rings. The van der Waals surface area contributed by atoms with E-state index < -0.39 is 0 Å². The Morgan fingerprint density at radius 1 is 1.08 bits per heavy atom. The van der Waals surface area contributed by atoms with Gasteiger partial charge in [-0.05, 0) is 29.8 Å². The molecule has 0 saturated heterocycles. The van der Waals surface area contributed by atoms with Gasteiger partial charge >= 0.3 is 0 Å². The molecule has 0 radical (unpaired) electrons. The molecule has 0 saturated carbocycles. The Morgan fingerprint density at radius 2 is 1.84 bits per heavy atom. The lowest BCUT2D eigenvalue weighted by atomic mass is 10.0. The molecule has 1 heterocycles. The molecule has 7 nitrogen and oxygen atoms in total. The fraction of sp³-hybridized carbons (Fsp3) is 0.167. The van der Waals surface area contributed by atoms with Crippen molar-refractivity contribution in [2.24, 2.45) is 0 Å². The van der Waals surface area contributed by atoms with Gasteiger partial charge in [-0.1, -0.05) is 36.4 Å². The Bertz CT molecular complexity index is 905. The number of H-pyrrole nitrogens is 1. The minimum absolute atomic E-state index is 0.128. The molecule has 25 heavy (non-hydrogen) atoms. The predicted octanol–water partition coefficient (Wildman–Crippen LogP) is 2.34. The summed E-state index contributed by atoms with van der Waals surface area (Å²) in [5.74, 6) is 0.171. The highest BCUT2D eigenvalue weighted by Crippen LogP contribution is 2.18. The highest BCUT2D eigenvalue weighted by atomic mass is 16.2. The molecular formula is C18H17N5O2. The van der Waals surface area contributed by atoms with Gasteiger partial charge in [-0.15, -0.1) is 10.2 Å². The maximum Gasteiger partial charge on any atom is 0.254 e. The van der Waals surface area contributed by atoms with Crippen LogP contribution in [0.5, 0.6) is 0 Å². The standard InChI is InChI=1S/C18H17N5O2/c1-12(24)15-8-3-4-9-16(15)18(25)23(2)11-13-6-5-7-14(10-13)17-19-21-22-20-17/h3-10H,11H2,1-2H3,(H,19,20,21,22). The maximum atomic E-state index is 12.7. The largest absolute Gasteiger partial charge is 0.337 e. The average molecular weight is 335 g/mol. The zero-order valence-electron chi connectivity index (χ0n) is 13.9. The first-order valence-electron chi connectivity index (χ1n) is 7.74. The van der Waals surface area contributed by atoms with Gasteiger partial charge in [0.25, 0.3) is 5.91 Å². The molecule has 7 heteroatoms. The molecule has 0 aliphatic heterocycles. The number of aromatic nitrogens is 4. The first-order valence-corrected chi connectivity index (χ1v) is 7.74. The molecule has 126 valence electrons. The van der Waals surface area contributed by atoms with Crippen LogP contribution in [0.1, 0.15) is 33.2 Å². The zero-order valence-corrected chi connectivity index (χ0v) is 13.9. The summed E-state index contributed by atoms with van der Waals surface area (Å²) in [6, 6.07) is 14.4. The second-order valence-corrected chi connectivity index (χ2v) is 5.70. The Balaban J connectivity index is 1.81. The van der Waals surface area contributed by atoms with E-state index in [-0.39, 0.29) is 11.7 Å². The molecule has 3 rings (SSSR count). The van der Waals surface area contributed by atoms with Gasteiger partial charge in [0.2, 0.25) is 5.82 Å². The Hall–Kier alpha value is -3.35. The molecule has 0 fully saturated rings. The molecule has 0 bridgehead atoms. The van der Waals surface area contributed by atoms with E-state index in [1.54, 1.807) is 36.2 Å². The van der Waals surface area contributed by atoms with Crippen molar-refractivity contribution < 1.29 is 9.59 Å². The van der Waals surface area contributed by atoms with Crippen molar-refractivity contribution in [3.63, 3.8) is 0 Å². The number of tetrazole rings is 1. The second kappa shape index (κ2) is 7.04. The van der Waals surface area contributed by atoms with Crippen LogP contribution in [0.4, 0.5) is 0 Å². The van der Waals surface area contributed by atoms with Gasteiger partial charge in [-0.3, -0.25) is 9.59 Å². The topological polar surface area (TPSA) is 91.8 Å². The minimum Gasteiger partial charge on any atom is -0.337 e. The maximum absolute atomic E-state index is 12.7. The number of nitrogens with one attached hydrogen (secondary N) is 1. The van der Waals surface area contributed by atoms with Crippen molar-refractivity contribution in [3.8, 4) is 11.4 Å². The Labute approximate surface area is 144 Å². The number of aromatic amines is 1. The van der Waals surface area contributed by atoms with Gasteiger partial charge in [0.1, 0.15) is 0 Å². The third kappa shape index (κ3) is 3.60. The summed E-state index contributed by atoms with van der Waals surface area (Å²) in [4.78, 5) is 26.0. The van der Waals surface area contributed by atoms with Gasteiger partial charge in [0.15, 0.2) is 5.78 Å². The number of Topliss-reactive ketones (excluding diaryl/α,β-unsaturated/α-hetero) is 1. The summed E-state index contributed by atoms with van der Waals surface area (Å²) in [6.07, 6.45) is 0. The number of ketones is 1. The number of hydrogen-bond donors (Lipinski definition) is 1. The van der Waals surface area contributed by atoms with E-state index in [0.29, 0.717) is 23.5 Å². The zero-order chi connectivity index (χ0) is 17.8. The summed E-state index contributed by atoms with van der Waals surface area (Å²) in [7, 11) is 1.71. The SMILES string of the molecule is CC(=O)c1ccccc1C(=O)N(C)Cc1cccc(-c2nn[nH]n2)c1. The second-order valence-electron chi connectivity index (χ2n) is 5.70. The molecule has 1 amide bonds. The number of amides is 1. The summed E-state index contributed by atoms with van der Waals surface area (Å²) in [5, 5.41) is 13.9. The molecule has 1 aromatic heterocycles. The van der Waals surface area contributed by atoms with Crippen molar-refractivity contribution in [2.75, 3.05) is 7.05 Å². The average Bonchev–Trinajstić information content (AvgIpc) is 3.16. The van der Waals surface area contributed by atoms with E-state index in [1.165, 1.54) is 6.92 Å². The lowest BCUT2D eigenvalue weighted by Gasteiger charge is -2.19. The first kappa shape index (κ1) is 16.5. The number of carbonyl (C=O) groups is 2. The smallest absolute Gasteiger partial charge is 0.254 e. The van der Waals surface area contributed by atoms with E-state index >= 15 is 0 Å². The van der Waals surface area contributed by atoms with Crippen LogP contribution in [-0.4, -0.2) is 44.3 Å². The van der Waals surface area contributed by atoms with Crippen LogP contribution in [0.3, 0.4) is 0 Å². The van der Waals surface area contributed by atoms with Crippen molar-refractivity contribution in [3.05, 3.63) is 65.2 Å². The number of hydrogen-bond acceptors (Lipinski definition) is 5. The van der Waals surface area contributed by atoms with Crippen LogP contribution in [-0.2, 0) is 6.54 Å². The van der Waals surface area contributed by atoms with Gasteiger partial charge in [0.05, 0.1) is 5.56 Å². The molecule has 0 spiro atoms. The predicted molar refractivity (Wildman–Crippen MR) is 91.9 cm³/mol. The van der Waals surface area contributed by atoms with Crippen molar-refractivity contribution in [1.82, 2.24) is 25.5 Å². The van der Waals surface area contributed by atoms with Crippen molar-refractivity contribution in [1.29, 1.82) is 0 Å². The van der Waals surface area contributed by atoms with Gasteiger partial charge in [-0.2, -0.15) is 5.21 Å². The Kier molecular flexibility index (Phi) is 4.65. The van der Waals surface area contributed by atoms with Crippen LogP contribution in [0, 0.1) is 0 Å². The molecule has 0 aliphatic carbocycles. The van der Waals surface area contributed by atoms with E-state index in [1.807, 2.05) is 24.3 Å². The van der Waals surface area contributed by atoms with Crippen molar-refractivity contribution >= 4 is 11.7 Å². The fourth-order valence-corrected chi connectivity index (χ4v) is 2.62. The fourth-order valence-electron chi connectivity index (χ4n) is 2.62. The third-order valence-corrected chi connectivity index (χ3v) is 3.83. The van der Waals surface area contributed by atoms with Gasteiger partial charge in [0, 0.05) is 24.7 Å². The van der Waals surface area contributed by atoms with Crippen LogP contribution in [0.2, 0.25) is 0 Å². The van der Waals surface area contributed by atoms with Gasteiger partial charge in [-0.25, -0.2) is 0 Å². The molecule has 2 aromatic carbocycles. The first-order chi connectivity index (χ1) is 12.1. The van der Waals surface area contributed by atoms with Crippen molar-refractivity contribution in [2.45, 2.75) is 13.5 Å². The summed E-state index contributed by atoms with van der Waals surface area (Å²) in [6.45, 7) is 1.86. The van der Waals surface area contributed by atoms with E-state index in [4.69, 9.17) is 0 Å². The molecular weight excluding hydrogens is 318 g/mol. The lowest BCUT2D eigenvalue weighted by molar-refractivity contribution is 0.0780. The third-order valence-electron chi connectivity index (χ3n) is 3.83. The van der Waals surface area contributed by atoms with Crippen LogP contribution >= 0.6 is 0 Å². The summed E-state index contributed by atoms with van der Waals surface area (Å²) < 4.78 is 0. The van der Waals surface area contributed by atoms with E-state index in [0.717, 1.165) is 11.1 Å². The number of rotatable bonds is 5. The molecule has 0 unspecified atom stereocenters. The quantitative estimate of drug-likeness (QED) is 0.723. The minimum atomic E-state index is -0.198. The normalized spacial score (nSPS) is 10.5. The number of nitrogens with zero attached hydrogens (tertiary/aromatic N) is 4. The summed E-state index contributed by atoms with van der Waals surface area (Å²) >= 11 is 0. The highest BCUT2D eigenvalue weighted by Gasteiger charge is 2.18.